The van der Waals surface area contributed by atoms with Crippen molar-refractivity contribution < 1.29 is 9.47 Å². The minimum absolute atomic E-state index is 0.773. The summed E-state index contributed by atoms with van der Waals surface area (Å²) in [5, 5.41) is 0. The number of rotatable bonds is 2. The molecule has 0 atom stereocenters. The monoisotopic (exact) mass is 176 g/mol. The second kappa shape index (κ2) is 4.42. The maximum Gasteiger partial charge on any atom is 0.134 e. The van der Waals surface area contributed by atoms with E-state index in [2.05, 4.69) is 11.8 Å². The standard InChI is InChI=1S/C11H12O2/c1-4-5-9-8-10(12-2)6-7-11(9)13-3/h6-8H,1-3H3. The van der Waals surface area contributed by atoms with Gasteiger partial charge in [0.15, 0.2) is 0 Å². The van der Waals surface area contributed by atoms with Gasteiger partial charge in [0, 0.05) is 0 Å². The van der Waals surface area contributed by atoms with Crippen LogP contribution in [0.1, 0.15) is 12.5 Å². The fourth-order valence-electron chi connectivity index (χ4n) is 1.05. The van der Waals surface area contributed by atoms with Crippen LogP contribution in [0.25, 0.3) is 0 Å². The van der Waals surface area contributed by atoms with Crippen LogP contribution in [0.5, 0.6) is 11.5 Å². The molecule has 0 aliphatic carbocycles. The van der Waals surface area contributed by atoms with Crippen molar-refractivity contribution in [3.63, 3.8) is 0 Å². The van der Waals surface area contributed by atoms with E-state index in [9.17, 15) is 0 Å². The van der Waals surface area contributed by atoms with E-state index >= 15 is 0 Å². The summed E-state index contributed by atoms with van der Waals surface area (Å²) in [5.74, 6) is 7.33. The molecule has 0 fully saturated rings. The largest absolute Gasteiger partial charge is 0.497 e. The van der Waals surface area contributed by atoms with Crippen molar-refractivity contribution in [3.05, 3.63) is 23.8 Å². The molecule has 0 saturated carbocycles. The van der Waals surface area contributed by atoms with Crippen LogP contribution >= 0.6 is 0 Å². The molecule has 0 spiro atoms. The lowest BCUT2D eigenvalue weighted by Gasteiger charge is -2.05. The van der Waals surface area contributed by atoms with E-state index in [0.29, 0.717) is 0 Å². The molecule has 0 bridgehead atoms. The molecular formula is C11H12O2. The van der Waals surface area contributed by atoms with Crippen molar-refractivity contribution >= 4 is 0 Å². The van der Waals surface area contributed by atoms with Crippen LogP contribution in [-0.2, 0) is 0 Å². The van der Waals surface area contributed by atoms with Crippen molar-refractivity contribution in [1.82, 2.24) is 0 Å². The molecule has 2 nitrogen and oxygen atoms in total. The Morgan fingerprint density at radius 2 is 1.92 bits per heavy atom. The third kappa shape index (κ3) is 2.16. The predicted molar refractivity (Wildman–Crippen MR) is 52.1 cm³/mol. The molecule has 1 aromatic carbocycles. The van der Waals surface area contributed by atoms with E-state index in [-0.39, 0.29) is 0 Å². The summed E-state index contributed by atoms with van der Waals surface area (Å²) in [6.45, 7) is 1.79. The number of benzene rings is 1. The second-order valence-electron chi connectivity index (χ2n) is 2.44. The van der Waals surface area contributed by atoms with Crippen molar-refractivity contribution in [3.8, 4) is 23.3 Å². The highest BCUT2D eigenvalue weighted by Gasteiger charge is 2.00. The maximum absolute atomic E-state index is 5.14. The first-order chi connectivity index (χ1) is 6.31. The van der Waals surface area contributed by atoms with Crippen molar-refractivity contribution in [1.29, 1.82) is 0 Å². The number of ether oxygens (including phenoxy) is 2. The summed E-state index contributed by atoms with van der Waals surface area (Å²) in [6.07, 6.45) is 0. The minimum atomic E-state index is 0.773. The van der Waals surface area contributed by atoms with Gasteiger partial charge in [-0.2, -0.15) is 0 Å². The van der Waals surface area contributed by atoms with Crippen LogP contribution in [0, 0.1) is 11.8 Å². The van der Waals surface area contributed by atoms with Crippen LogP contribution in [0.2, 0.25) is 0 Å². The van der Waals surface area contributed by atoms with Gasteiger partial charge in [0.25, 0.3) is 0 Å². The molecule has 68 valence electrons. The van der Waals surface area contributed by atoms with Gasteiger partial charge in [0.05, 0.1) is 19.8 Å². The van der Waals surface area contributed by atoms with Crippen LogP contribution in [0.15, 0.2) is 18.2 Å². The molecule has 0 aliphatic rings. The summed E-state index contributed by atoms with van der Waals surface area (Å²) in [7, 11) is 3.26. The van der Waals surface area contributed by atoms with Gasteiger partial charge in [-0.3, -0.25) is 0 Å². The quantitative estimate of drug-likeness (QED) is 0.642. The van der Waals surface area contributed by atoms with Gasteiger partial charge in [-0.15, -0.1) is 5.92 Å². The lowest BCUT2D eigenvalue weighted by atomic mass is 10.2. The highest BCUT2D eigenvalue weighted by atomic mass is 16.5. The Kier molecular flexibility index (Phi) is 3.22. The van der Waals surface area contributed by atoms with Gasteiger partial charge in [-0.05, 0) is 25.1 Å². The van der Waals surface area contributed by atoms with Crippen LogP contribution in [0.3, 0.4) is 0 Å². The highest BCUT2D eigenvalue weighted by molar-refractivity contribution is 5.49. The molecular weight excluding hydrogens is 164 g/mol. The maximum atomic E-state index is 5.14. The van der Waals surface area contributed by atoms with Crippen molar-refractivity contribution in [2.45, 2.75) is 6.92 Å². The molecule has 13 heavy (non-hydrogen) atoms. The third-order valence-electron chi connectivity index (χ3n) is 1.67. The van der Waals surface area contributed by atoms with E-state index in [1.165, 1.54) is 0 Å². The summed E-state index contributed by atoms with van der Waals surface area (Å²) in [5.41, 5.74) is 0.851. The Balaban J connectivity index is 3.15. The molecule has 0 aromatic heterocycles. The van der Waals surface area contributed by atoms with E-state index in [1.54, 1.807) is 21.1 Å². The smallest absolute Gasteiger partial charge is 0.134 e. The van der Waals surface area contributed by atoms with Gasteiger partial charge >= 0.3 is 0 Å². The lowest BCUT2D eigenvalue weighted by Crippen LogP contribution is -1.89. The third-order valence-corrected chi connectivity index (χ3v) is 1.67. The summed E-state index contributed by atoms with van der Waals surface area (Å²) in [6, 6.07) is 5.55. The summed E-state index contributed by atoms with van der Waals surface area (Å²) in [4.78, 5) is 0. The van der Waals surface area contributed by atoms with Crippen molar-refractivity contribution in [2.75, 3.05) is 14.2 Å². The first-order valence-electron chi connectivity index (χ1n) is 3.96. The fourth-order valence-corrected chi connectivity index (χ4v) is 1.05. The molecule has 0 saturated heterocycles. The van der Waals surface area contributed by atoms with Gasteiger partial charge in [-0.1, -0.05) is 5.92 Å². The second-order valence-corrected chi connectivity index (χ2v) is 2.44. The Labute approximate surface area is 78.5 Å². The molecule has 0 amide bonds. The molecule has 0 N–H and O–H groups in total. The first-order valence-corrected chi connectivity index (χ1v) is 3.96. The predicted octanol–water partition coefficient (Wildman–Crippen LogP) is 2.08. The van der Waals surface area contributed by atoms with Crippen LogP contribution in [-0.4, -0.2) is 14.2 Å². The lowest BCUT2D eigenvalue weighted by molar-refractivity contribution is 0.402. The first kappa shape index (κ1) is 9.47. The Bertz CT molecular complexity index is 345. The van der Waals surface area contributed by atoms with E-state index in [1.807, 2.05) is 18.2 Å². The van der Waals surface area contributed by atoms with Gasteiger partial charge in [0.1, 0.15) is 11.5 Å². The number of hydrogen-bond donors (Lipinski definition) is 0. The van der Waals surface area contributed by atoms with E-state index in [4.69, 9.17) is 9.47 Å². The molecule has 1 aromatic rings. The van der Waals surface area contributed by atoms with Crippen molar-refractivity contribution in [2.24, 2.45) is 0 Å². The average molecular weight is 176 g/mol. The zero-order valence-electron chi connectivity index (χ0n) is 8.05. The minimum Gasteiger partial charge on any atom is -0.497 e. The topological polar surface area (TPSA) is 18.5 Å². The molecule has 0 radical (unpaired) electrons. The van der Waals surface area contributed by atoms with Gasteiger partial charge < -0.3 is 9.47 Å². The van der Waals surface area contributed by atoms with Gasteiger partial charge in [0.2, 0.25) is 0 Å². The van der Waals surface area contributed by atoms with Crippen LogP contribution in [0.4, 0.5) is 0 Å². The highest BCUT2D eigenvalue weighted by Crippen LogP contribution is 2.22. The average Bonchev–Trinajstić information content (AvgIpc) is 2.18. The summed E-state index contributed by atoms with van der Waals surface area (Å²) < 4.78 is 10.2. The van der Waals surface area contributed by atoms with E-state index in [0.717, 1.165) is 17.1 Å². The Hall–Kier alpha value is -1.62. The van der Waals surface area contributed by atoms with E-state index < -0.39 is 0 Å². The Morgan fingerprint density at radius 3 is 2.46 bits per heavy atom. The summed E-state index contributed by atoms with van der Waals surface area (Å²) >= 11 is 0. The molecule has 1 rings (SSSR count). The fraction of sp³-hybridized carbons (Fsp3) is 0.273. The molecule has 0 unspecified atom stereocenters. The molecule has 0 heterocycles. The molecule has 0 aliphatic heterocycles. The zero-order valence-corrected chi connectivity index (χ0v) is 8.05. The normalized spacial score (nSPS) is 8.54. The number of hydrogen-bond acceptors (Lipinski definition) is 2. The van der Waals surface area contributed by atoms with Gasteiger partial charge in [-0.25, -0.2) is 0 Å². The zero-order chi connectivity index (χ0) is 9.68. The van der Waals surface area contributed by atoms with Crippen LogP contribution < -0.4 is 9.47 Å². The number of methoxy groups -OCH3 is 2. The Morgan fingerprint density at radius 1 is 1.15 bits per heavy atom. The molecule has 2 heteroatoms. The SMILES string of the molecule is CC#Cc1cc(OC)ccc1OC.